The molecular formula is C12H21ClN2O4. The molecule has 19 heavy (non-hydrogen) atoms. The number of nitrogens with one attached hydrogen (secondary N) is 2. The highest BCUT2D eigenvalue weighted by atomic mass is 35.5. The maximum atomic E-state index is 11.9. The van der Waals surface area contributed by atoms with Crippen LogP contribution in [0.2, 0.25) is 0 Å². The van der Waals surface area contributed by atoms with Crippen molar-refractivity contribution in [2.45, 2.75) is 31.3 Å². The van der Waals surface area contributed by atoms with E-state index in [1.54, 1.807) is 0 Å². The van der Waals surface area contributed by atoms with Gasteiger partial charge < -0.3 is 20.1 Å². The van der Waals surface area contributed by atoms with Gasteiger partial charge in [-0.1, -0.05) is 0 Å². The lowest BCUT2D eigenvalue weighted by Gasteiger charge is -2.24. The van der Waals surface area contributed by atoms with Gasteiger partial charge in [-0.25, -0.2) is 4.79 Å². The third-order valence-corrected chi connectivity index (χ3v) is 3.30. The molecule has 2 atom stereocenters. The summed E-state index contributed by atoms with van der Waals surface area (Å²) >= 11 is 0. The predicted octanol–water partition coefficient (Wildman–Crippen LogP) is -0.145. The van der Waals surface area contributed by atoms with E-state index in [0.717, 1.165) is 19.4 Å². The van der Waals surface area contributed by atoms with E-state index in [1.807, 2.05) is 0 Å². The number of morpholine rings is 1. The summed E-state index contributed by atoms with van der Waals surface area (Å²) in [4.78, 5) is 23.4. The van der Waals surface area contributed by atoms with Crippen LogP contribution < -0.4 is 10.6 Å². The Morgan fingerprint density at radius 3 is 2.74 bits per heavy atom. The van der Waals surface area contributed by atoms with Crippen molar-refractivity contribution in [1.29, 1.82) is 0 Å². The van der Waals surface area contributed by atoms with Crippen molar-refractivity contribution in [2.24, 2.45) is 5.92 Å². The molecule has 2 fully saturated rings. The van der Waals surface area contributed by atoms with E-state index in [1.165, 1.54) is 7.11 Å². The Bertz CT molecular complexity index is 317. The number of ether oxygens (including phenoxy) is 2. The number of esters is 1. The second-order valence-corrected chi connectivity index (χ2v) is 4.84. The fourth-order valence-corrected chi connectivity index (χ4v) is 2.13. The first-order valence-electron chi connectivity index (χ1n) is 6.39. The Kier molecular flexibility index (Phi) is 6.54. The fourth-order valence-electron chi connectivity index (χ4n) is 2.13. The molecule has 2 aliphatic rings. The van der Waals surface area contributed by atoms with Crippen LogP contribution in [0.25, 0.3) is 0 Å². The van der Waals surface area contributed by atoms with Crippen LogP contribution in [-0.4, -0.2) is 50.8 Å². The fraction of sp³-hybridized carbons (Fsp3) is 0.833. The van der Waals surface area contributed by atoms with Crippen molar-refractivity contribution < 1.29 is 19.1 Å². The van der Waals surface area contributed by atoms with Gasteiger partial charge in [0, 0.05) is 19.0 Å². The number of hydrogen-bond acceptors (Lipinski definition) is 5. The van der Waals surface area contributed by atoms with Crippen LogP contribution >= 0.6 is 12.4 Å². The Hall–Kier alpha value is -0.850. The molecule has 1 saturated heterocycles. The number of methoxy groups -OCH3 is 1. The maximum Gasteiger partial charge on any atom is 0.328 e. The highest BCUT2D eigenvalue weighted by Gasteiger charge is 2.38. The summed E-state index contributed by atoms with van der Waals surface area (Å²) in [6, 6.07) is -0.441. The minimum atomic E-state index is -0.480. The number of halogens is 1. The molecule has 110 valence electrons. The molecule has 0 aromatic heterocycles. The SMILES string of the molecule is COC(=O)C(NC(=O)CC1COCCN1)C1CC1.Cl. The van der Waals surface area contributed by atoms with E-state index in [-0.39, 0.29) is 36.2 Å². The molecule has 1 heterocycles. The molecule has 2 N–H and O–H groups in total. The molecule has 0 bridgehead atoms. The summed E-state index contributed by atoms with van der Waals surface area (Å²) < 4.78 is 9.99. The number of hydrogen-bond donors (Lipinski definition) is 2. The lowest BCUT2D eigenvalue weighted by atomic mass is 10.1. The van der Waals surface area contributed by atoms with E-state index in [9.17, 15) is 9.59 Å². The van der Waals surface area contributed by atoms with Crippen LogP contribution in [0.4, 0.5) is 0 Å². The van der Waals surface area contributed by atoms with E-state index in [0.29, 0.717) is 19.6 Å². The Balaban J connectivity index is 0.00000180. The van der Waals surface area contributed by atoms with Gasteiger partial charge in [0.2, 0.25) is 5.91 Å². The lowest BCUT2D eigenvalue weighted by Crippen LogP contribution is -2.48. The Labute approximate surface area is 119 Å². The molecule has 1 amide bonds. The minimum absolute atomic E-state index is 0. The molecule has 0 spiro atoms. The topological polar surface area (TPSA) is 76.7 Å². The summed E-state index contributed by atoms with van der Waals surface area (Å²) in [5.41, 5.74) is 0. The molecule has 1 aliphatic carbocycles. The maximum absolute atomic E-state index is 11.9. The van der Waals surface area contributed by atoms with Gasteiger partial charge in [-0.3, -0.25) is 4.79 Å². The first kappa shape index (κ1) is 16.2. The second kappa shape index (κ2) is 7.67. The van der Waals surface area contributed by atoms with E-state index >= 15 is 0 Å². The molecular weight excluding hydrogens is 272 g/mol. The van der Waals surface area contributed by atoms with Gasteiger partial charge in [0.15, 0.2) is 0 Å². The normalized spacial score (nSPS) is 23.9. The Morgan fingerprint density at radius 1 is 1.47 bits per heavy atom. The monoisotopic (exact) mass is 292 g/mol. The van der Waals surface area contributed by atoms with Crippen molar-refractivity contribution in [2.75, 3.05) is 26.9 Å². The van der Waals surface area contributed by atoms with Crippen LogP contribution in [0.3, 0.4) is 0 Å². The summed E-state index contributed by atoms with van der Waals surface area (Å²) in [6.45, 7) is 1.99. The molecule has 7 heteroatoms. The minimum Gasteiger partial charge on any atom is -0.467 e. The number of carbonyl (C=O) groups excluding carboxylic acids is 2. The van der Waals surface area contributed by atoms with Gasteiger partial charge in [0.05, 0.1) is 20.3 Å². The van der Waals surface area contributed by atoms with E-state index in [4.69, 9.17) is 9.47 Å². The molecule has 1 aliphatic heterocycles. The highest BCUT2D eigenvalue weighted by molar-refractivity contribution is 5.85. The van der Waals surface area contributed by atoms with Crippen molar-refractivity contribution in [3.05, 3.63) is 0 Å². The van der Waals surface area contributed by atoms with E-state index in [2.05, 4.69) is 10.6 Å². The summed E-state index contributed by atoms with van der Waals surface area (Å²) in [7, 11) is 1.35. The second-order valence-electron chi connectivity index (χ2n) is 4.84. The Morgan fingerprint density at radius 2 is 2.21 bits per heavy atom. The van der Waals surface area contributed by atoms with Gasteiger partial charge in [0.1, 0.15) is 6.04 Å². The standard InChI is InChI=1S/C12H20N2O4.ClH/c1-17-12(16)11(8-2-3-8)14-10(15)6-9-7-18-5-4-13-9;/h8-9,11,13H,2-7H2,1H3,(H,14,15);1H. The van der Waals surface area contributed by atoms with Gasteiger partial charge in [-0.15, -0.1) is 12.4 Å². The molecule has 2 rings (SSSR count). The zero-order valence-corrected chi connectivity index (χ0v) is 11.8. The van der Waals surface area contributed by atoms with E-state index < -0.39 is 6.04 Å². The molecule has 0 radical (unpaired) electrons. The van der Waals surface area contributed by atoms with Crippen LogP contribution in [0.5, 0.6) is 0 Å². The summed E-state index contributed by atoms with van der Waals surface area (Å²) in [5, 5.41) is 5.98. The van der Waals surface area contributed by atoms with Gasteiger partial charge in [-0.05, 0) is 18.8 Å². The van der Waals surface area contributed by atoms with Crippen molar-refractivity contribution in [1.82, 2.24) is 10.6 Å². The number of rotatable bonds is 5. The lowest BCUT2D eigenvalue weighted by molar-refractivity contribution is -0.145. The smallest absolute Gasteiger partial charge is 0.328 e. The summed E-state index contributed by atoms with van der Waals surface area (Å²) in [5.74, 6) is -0.226. The average molecular weight is 293 g/mol. The van der Waals surface area contributed by atoms with Crippen LogP contribution in [0, 0.1) is 5.92 Å². The van der Waals surface area contributed by atoms with Gasteiger partial charge >= 0.3 is 5.97 Å². The van der Waals surface area contributed by atoms with Crippen molar-refractivity contribution >= 4 is 24.3 Å². The molecule has 6 nitrogen and oxygen atoms in total. The first-order valence-corrected chi connectivity index (χ1v) is 6.39. The highest BCUT2D eigenvalue weighted by Crippen LogP contribution is 2.33. The van der Waals surface area contributed by atoms with Crippen LogP contribution in [0.15, 0.2) is 0 Å². The zero-order valence-electron chi connectivity index (χ0n) is 11.0. The predicted molar refractivity (Wildman–Crippen MR) is 71.1 cm³/mol. The molecule has 0 aromatic rings. The largest absolute Gasteiger partial charge is 0.467 e. The van der Waals surface area contributed by atoms with Crippen molar-refractivity contribution in [3.63, 3.8) is 0 Å². The molecule has 2 unspecified atom stereocenters. The zero-order chi connectivity index (χ0) is 13.0. The first-order chi connectivity index (χ1) is 8.70. The third-order valence-electron chi connectivity index (χ3n) is 3.30. The van der Waals surface area contributed by atoms with Gasteiger partial charge in [0.25, 0.3) is 0 Å². The quantitative estimate of drug-likeness (QED) is 0.690. The van der Waals surface area contributed by atoms with Gasteiger partial charge in [-0.2, -0.15) is 0 Å². The molecule has 1 saturated carbocycles. The number of amides is 1. The van der Waals surface area contributed by atoms with Crippen LogP contribution in [0.1, 0.15) is 19.3 Å². The summed E-state index contributed by atoms with van der Waals surface area (Å²) in [6.07, 6.45) is 2.29. The van der Waals surface area contributed by atoms with Crippen molar-refractivity contribution in [3.8, 4) is 0 Å². The number of carbonyl (C=O) groups is 2. The van der Waals surface area contributed by atoms with Crippen LogP contribution in [-0.2, 0) is 19.1 Å². The third kappa shape index (κ3) is 4.97. The average Bonchev–Trinajstić information content (AvgIpc) is 3.20. The molecule has 0 aromatic carbocycles.